The normalized spacial score (nSPS) is 16.1. The number of nitro benzene ring substituents is 1. The zero-order valence-electron chi connectivity index (χ0n) is 10.9. The van der Waals surface area contributed by atoms with Crippen molar-refractivity contribution in [1.82, 2.24) is 5.32 Å². The highest BCUT2D eigenvalue weighted by molar-refractivity contribution is 5.57. The van der Waals surface area contributed by atoms with Crippen molar-refractivity contribution in [3.63, 3.8) is 0 Å². The highest BCUT2D eigenvalue weighted by atomic mass is 16.6. The van der Waals surface area contributed by atoms with Crippen LogP contribution in [0.3, 0.4) is 0 Å². The van der Waals surface area contributed by atoms with E-state index in [9.17, 15) is 10.1 Å². The van der Waals surface area contributed by atoms with E-state index in [4.69, 9.17) is 9.47 Å². The highest BCUT2D eigenvalue weighted by Gasteiger charge is 2.23. The molecule has 104 valence electrons. The van der Waals surface area contributed by atoms with Gasteiger partial charge in [0, 0.05) is 0 Å². The van der Waals surface area contributed by atoms with Gasteiger partial charge in [-0.25, -0.2) is 0 Å². The standard InChI is InChI=1S/C13H18N2O4/c1-18-11-3-2-4-12(13(11)15(16)17)19-9-10-5-7-14-8-6-10/h2-4,10,14H,5-9H2,1H3. The van der Waals surface area contributed by atoms with Gasteiger partial charge in [-0.15, -0.1) is 0 Å². The van der Waals surface area contributed by atoms with Gasteiger partial charge in [0.2, 0.25) is 11.5 Å². The molecule has 0 spiro atoms. The van der Waals surface area contributed by atoms with Crippen LogP contribution >= 0.6 is 0 Å². The lowest BCUT2D eigenvalue weighted by Crippen LogP contribution is -2.30. The van der Waals surface area contributed by atoms with E-state index in [1.54, 1.807) is 18.2 Å². The van der Waals surface area contributed by atoms with Crippen molar-refractivity contribution >= 4 is 5.69 Å². The Hall–Kier alpha value is -1.82. The Labute approximate surface area is 111 Å². The molecule has 19 heavy (non-hydrogen) atoms. The molecule has 0 unspecified atom stereocenters. The van der Waals surface area contributed by atoms with Gasteiger partial charge in [0.25, 0.3) is 0 Å². The van der Waals surface area contributed by atoms with Gasteiger partial charge in [-0.05, 0) is 44.0 Å². The molecule has 6 heteroatoms. The molecule has 1 aromatic carbocycles. The lowest BCUT2D eigenvalue weighted by molar-refractivity contribution is -0.386. The number of nitrogens with one attached hydrogen (secondary N) is 1. The van der Waals surface area contributed by atoms with Crippen LogP contribution in [0.5, 0.6) is 11.5 Å². The lowest BCUT2D eigenvalue weighted by atomic mass is 9.99. The van der Waals surface area contributed by atoms with Crippen molar-refractivity contribution in [2.24, 2.45) is 5.92 Å². The third-order valence-corrected chi connectivity index (χ3v) is 3.30. The van der Waals surface area contributed by atoms with Crippen molar-refractivity contribution in [2.45, 2.75) is 12.8 Å². The Balaban J connectivity index is 2.08. The SMILES string of the molecule is COc1cccc(OCC2CCNCC2)c1[N+](=O)[O-]. The molecule has 2 rings (SSSR count). The average Bonchev–Trinajstić information content (AvgIpc) is 2.45. The number of piperidine rings is 1. The van der Waals surface area contributed by atoms with E-state index in [-0.39, 0.29) is 17.2 Å². The number of hydrogen-bond acceptors (Lipinski definition) is 5. The number of ether oxygens (including phenoxy) is 2. The molecule has 0 aromatic heterocycles. The molecule has 0 aliphatic carbocycles. The van der Waals surface area contributed by atoms with Crippen molar-refractivity contribution in [3.05, 3.63) is 28.3 Å². The summed E-state index contributed by atoms with van der Waals surface area (Å²) in [7, 11) is 1.42. The molecule has 0 amide bonds. The first-order chi connectivity index (χ1) is 9.22. The first kappa shape index (κ1) is 13.6. The van der Waals surface area contributed by atoms with Gasteiger partial charge >= 0.3 is 5.69 Å². The Bertz CT molecular complexity index is 444. The third-order valence-electron chi connectivity index (χ3n) is 3.30. The molecule has 1 fully saturated rings. The van der Waals surface area contributed by atoms with E-state index in [0.717, 1.165) is 25.9 Å². The van der Waals surface area contributed by atoms with Gasteiger partial charge < -0.3 is 14.8 Å². The summed E-state index contributed by atoms with van der Waals surface area (Å²) in [5.74, 6) is 0.961. The van der Waals surface area contributed by atoms with Gasteiger partial charge in [0.1, 0.15) is 0 Å². The molecule has 0 atom stereocenters. The number of hydrogen-bond donors (Lipinski definition) is 1. The summed E-state index contributed by atoms with van der Waals surface area (Å²) < 4.78 is 10.6. The molecule has 0 bridgehead atoms. The van der Waals surface area contributed by atoms with Crippen molar-refractivity contribution < 1.29 is 14.4 Å². The number of rotatable bonds is 5. The van der Waals surface area contributed by atoms with Crippen LogP contribution in [-0.2, 0) is 0 Å². The first-order valence-corrected chi connectivity index (χ1v) is 6.37. The Morgan fingerprint density at radius 2 is 2.05 bits per heavy atom. The summed E-state index contributed by atoms with van der Waals surface area (Å²) >= 11 is 0. The molecule has 1 saturated heterocycles. The van der Waals surface area contributed by atoms with Crippen LogP contribution in [0.2, 0.25) is 0 Å². The summed E-state index contributed by atoms with van der Waals surface area (Å²) in [4.78, 5) is 10.6. The molecule has 1 heterocycles. The second-order valence-electron chi connectivity index (χ2n) is 4.57. The van der Waals surface area contributed by atoms with Crippen LogP contribution in [0, 0.1) is 16.0 Å². The van der Waals surface area contributed by atoms with Crippen LogP contribution in [0.4, 0.5) is 5.69 Å². The van der Waals surface area contributed by atoms with Crippen LogP contribution < -0.4 is 14.8 Å². The van der Waals surface area contributed by atoms with Gasteiger partial charge in [-0.1, -0.05) is 6.07 Å². The predicted octanol–water partition coefficient (Wildman–Crippen LogP) is 1.98. The number of para-hydroxylation sites is 1. The Kier molecular flexibility index (Phi) is 4.57. The molecule has 0 radical (unpaired) electrons. The van der Waals surface area contributed by atoms with Gasteiger partial charge in [-0.3, -0.25) is 10.1 Å². The Morgan fingerprint density at radius 1 is 1.37 bits per heavy atom. The minimum atomic E-state index is -0.462. The maximum atomic E-state index is 11.1. The summed E-state index contributed by atoms with van der Waals surface area (Å²) in [5, 5.41) is 14.4. The second kappa shape index (κ2) is 6.38. The maximum Gasteiger partial charge on any atom is 0.352 e. The third kappa shape index (κ3) is 3.35. The van der Waals surface area contributed by atoms with Crippen molar-refractivity contribution in [1.29, 1.82) is 0 Å². The molecular formula is C13H18N2O4. The highest BCUT2D eigenvalue weighted by Crippen LogP contribution is 2.36. The van der Waals surface area contributed by atoms with Crippen LogP contribution in [0.1, 0.15) is 12.8 Å². The molecular weight excluding hydrogens is 248 g/mol. The summed E-state index contributed by atoms with van der Waals surface area (Å²) in [5.41, 5.74) is -0.0982. The number of nitro groups is 1. The summed E-state index contributed by atoms with van der Waals surface area (Å²) in [6, 6.07) is 4.88. The van der Waals surface area contributed by atoms with E-state index in [0.29, 0.717) is 12.5 Å². The lowest BCUT2D eigenvalue weighted by Gasteiger charge is -2.22. The van der Waals surface area contributed by atoms with E-state index in [1.807, 2.05) is 0 Å². The fourth-order valence-electron chi connectivity index (χ4n) is 2.22. The molecule has 0 saturated carbocycles. The van der Waals surface area contributed by atoms with Crippen molar-refractivity contribution in [2.75, 3.05) is 26.8 Å². The predicted molar refractivity (Wildman–Crippen MR) is 70.7 cm³/mol. The number of benzene rings is 1. The monoisotopic (exact) mass is 266 g/mol. The average molecular weight is 266 g/mol. The minimum absolute atomic E-state index is 0.0982. The zero-order chi connectivity index (χ0) is 13.7. The van der Waals surface area contributed by atoms with Crippen molar-refractivity contribution in [3.8, 4) is 11.5 Å². The van der Waals surface area contributed by atoms with Crippen LogP contribution in [-0.4, -0.2) is 31.7 Å². The molecule has 1 aromatic rings. The van der Waals surface area contributed by atoms with E-state index < -0.39 is 4.92 Å². The Morgan fingerprint density at radius 3 is 2.68 bits per heavy atom. The fraction of sp³-hybridized carbons (Fsp3) is 0.538. The van der Waals surface area contributed by atoms with Gasteiger partial charge in [0.05, 0.1) is 18.6 Å². The maximum absolute atomic E-state index is 11.1. The first-order valence-electron chi connectivity index (χ1n) is 6.37. The summed E-state index contributed by atoms with van der Waals surface area (Å²) in [6.45, 7) is 2.47. The minimum Gasteiger partial charge on any atom is -0.490 e. The molecule has 1 N–H and O–H groups in total. The van der Waals surface area contributed by atoms with Gasteiger partial charge in [-0.2, -0.15) is 0 Å². The summed E-state index contributed by atoms with van der Waals surface area (Å²) in [6.07, 6.45) is 2.08. The number of nitrogens with zero attached hydrogens (tertiary/aromatic N) is 1. The van der Waals surface area contributed by atoms with E-state index >= 15 is 0 Å². The second-order valence-corrected chi connectivity index (χ2v) is 4.57. The molecule has 6 nitrogen and oxygen atoms in total. The molecule has 1 aliphatic rings. The number of methoxy groups -OCH3 is 1. The quantitative estimate of drug-likeness (QED) is 0.651. The molecule has 1 aliphatic heterocycles. The largest absolute Gasteiger partial charge is 0.490 e. The van der Waals surface area contributed by atoms with E-state index in [2.05, 4.69) is 5.32 Å². The van der Waals surface area contributed by atoms with Crippen LogP contribution in [0.25, 0.3) is 0 Å². The zero-order valence-corrected chi connectivity index (χ0v) is 10.9. The van der Waals surface area contributed by atoms with Crippen LogP contribution in [0.15, 0.2) is 18.2 Å². The smallest absolute Gasteiger partial charge is 0.352 e. The fourth-order valence-corrected chi connectivity index (χ4v) is 2.22. The van der Waals surface area contributed by atoms with Gasteiger partial charge in [0.15, 0.2) is 0 Å². The van der Waals surface area contributed by atoms with E-state index in [1.165, 1.54) is 7.11 Å². The topological polar surface area (TPSA) is 73.6 Å².